The van der Waals surface area contributed by atoms with E-state index in [-0.39, 0.29) is 11.9 Å². The molecule has 0 aliphatic heterocycles. The van der Waals surface area contributed by atoms with Crippen LogP contribution in [0.15, 0.2) is 12.2 Å². The maximum absolute atomic E-state index is 13.3. The summed E-state index contributed by atoms with van der Waals surface area (Å²) < 4.78 is 0. The van der Waals surface area contributed by atoms with Gasteiger partial charge in [-0.3, -0.25) is 19.3 Å². The largest absolute Gasteiger partial charge is 0.394 e. The predicted octanol–water partition coefficient (Wildman–Crippen LogP) is 1.63. The molecule has 3 amide bonds. The first-order chi connectivity index (χ1) is 16.1. The fraction of sp³-hybridized carbons (Fsp3) is 0.808. The first kappa shape index (κ1) is 33.0. The number of nitrogens with zero attached hydrogens (tertiary/aromatic N) is 3. The Hall–Kier alpha value is -1.97. The summed E-state index contributed by atoms with van der Waals surface area (Å²) in [5, 5.41) is 22.9. The van der Waals surface area contributed by atoms with Crippen molar-refractivity contribution in [2.75, 3.05) is 34.8 Å². The lowest BCUT2D eigenvalue weighted by Gasteiger charge is -2.36. The summed E-state index contributed by atoms with van der Waals surface area (Å²) in [4.78, 5) is 43.9. The molecule has 0 radical (unpaired) electrons. The van der Waals surface area contributed by atoms with Crippen molar-refractivity contribution in [1.29, 1.82) is 0 Å². The van der Waals surface area contributed by atoms with E-state index in [1.54, 1.807) is 34.7 Å². The van der Waals surface area contributed by atoms with Crippen molar-refractivity contribution in [3.63, 3.8) is 0 Å². The van der Waals surface area contributed by atoms with E-state index in [0.29, 0.717) is 25.2 Å². The van der Waals surface area contributed by atoms with Gasteiger partial charge in [-0.05, 0) is 73.4 Å². The van der Waals surface area contributed by atoms with Crippen LogP contribution in [0.3, 0.4) is 0 Å². The third kappa shape index (κ3) is 11.1. The van der Waals surface area contributed by atoms with Gasteiger partial charge < -0.3 is 25.3 Å². The van der Waals surface area contributed by atoms with Crippen LogP contribution in [-0.2, 0) is 14.4 Å². The van der Waals surface area contributed by atoms with Gasteiger partial charge in [0.2, 0.25) is 17.7 Å². The Morgan fingerprint density at radius 3 is 2.00 bits per heavy atom. The topological polar surface area (TPSA) is 113 Å². The maximum Gasteiger partial charge on any atom is 0.247 e. The van der Waals surface area contributed by atoms with E-state index in [4.69, 9.17) is 0 Å². The molecule has 0 aliphatic rings. The van der Waals surface area contributed by atoms with E-state index in [1.807, 2.05) is 32.0 Å². The van der Waals surface area contributed by atoms with Gasteiger partial charge in [-0.1, -0.05) is 26.0 Å². The van der Waals surface area contributed by atoms with Crippen LogP contribution in [0, 0.1) is 5.92 Å². The zero-order valence-electron chi connectivity index (χ0n) is 23.5. The molecule has 1 unspecified atom stereocenters. The van der Waals surface area contributed by atoms with Crippen LogP contribution < -0.4 is 5.32 Å². The van der Waals surface area contributed by atoms with E-state index in [9.17, 15) is 24.6 Å². The van der Waals surface area contributed by atoms with Crippen molar-refractivity contribution in [2.45, 2.75) is 97.0 Å². The van der Waals surface area contributed by atoms with Crippen LogP contribution in [0.5, 0.6) is 0 Å². The van der Waals surface area contributed by atoms with Crippen molar-refractivity contribution in [3.05, 3.63) is 12.2 Å². The van der Waals surface area contributed by atoms with E-state index in [1.165, 1.54) is 16.8 Å². The smallest absolute Gasteiger partial charge is 0.247 e. The predicted molar refractivity (Wildman–Crippen MR) is 140 cm³/mol. The standard InChI is InChI=1S/C26H50N4O5/c1-11-13-14-18(3)15-21(28(7)8)23(32)27-20(12-2)24(33)30(10)22(17-31)25(34)29(9)19(4)16-26(5,6)35/h11,13,18-22,31,35H,12,14-17H2,1-10H3,(H,27,32)/b13-11+/t18-,19-,20+,21+,22?/m1/s1. The number of likely N-dealkylation sites (N-methyl/N-ethyl adjacent to an activating group) is 3. The van der Waals surface area contributed by atoms with Crippen LogP contribution in [0.2, 0.25) is 0 Å². The highest BCUT2D eigenvalue weighted by Crippen LogP contribution is 2.17. The molecule has 204 valence electrons. The average Bonchev–Trinajstić information content (AvgIpc) is 2.77. The van der Waals surface area contributed by atoms with Gasteiger partial charge in [0.15, 0.2) is 0 Å². The third-order valence-corrected chi connectivity index (χ3v) is 6.43. The van der Waals surface area contributed by atoms with Gasteiger partial charge in [0, 0.05) is 20.1 Å². The first-order valence-electron chi connectivity index (χ1n) is 12.6. The second-order valence-electron chi connectivity index (χ2n) is 10.6. The van der Waals surface area contributed by atoms with E-state index >= 15 is 0 Å². The maximum atomic E-state index is 13.3. The highest BCUT2D eigenvalue weighted by atomic mass is 16.3. The number of hydrogen-bond donors (Lipinski definition) is 3. The van der Waals surface area contributed by atoms with Gasteiger partial charge in [0.25, 0.3) is 0 Å². The number of allylic oxidation sites excluding steroid dienone is 2. The second-order valence-corrected chi connectivity index (χ2v) is 10.6. The molecule has 0 aromatic carbocycles. The fourth-order valence-corrected chi connectivity index (χ4v) is 4.08. The zero-order valence-corrected chi connectivity index (χ0v) is 23.5. The summed E-state index contributed by atoms with van der Waals surface area (Å²) in [6.07, 6.45) is 6.27. The molecule has 0 aliphatic carbocycles. The van der Waals surface area contributed by atoms with Crippen LogP contribution in [0.25, 0.3) is 0 Å². The second kappa shape index (κ2) is 15.2. The van der Waals surface area contributed by atoms with Crippen molar-refractivity contribution < 1.29 is 24.6 Å². The molecule has 35 heavy (non-hydrogen) atoms. The molecule has 0 aromatic rings. The minimum absolute atomic E-state index is 0.237. The van der Waals surface area contributed by atoms with Crippen LogP contribution in [-0.4, -0.2) is 107 Å². The highest BCUT2D eigenvalue weighted by Gasteiger charge is 2.35. The molecular formula is C26H50N4O5. The Labute approximate surface area is 212 Å². The molecule has 0 bridgehead atoms. The Balaban J connectivity index is 5.46. The summed E-state index contributed by atoms with van der Waals surface area (Å²) in [6, 6.07) is -2.60. The molecule has 0 saturated heterocycles. The minimum Gasteiger partial charge on any atom is -0.394 e. The Morgan fingerprint density at radius 2 is 1.57 bits per heavy atom. The molecule has 0 saturated carbocycles. The number of nitrogens with one attached hydrogen (secondary N) is 1. The number of carbonyl (C=O) groups excluding carboxylic acids is 3. The van der Waals surface area contributed by atoms with Gasteiger partial charge in [0.1, 0.15) is 12.1 Å². The lowest BCUT2D eigenvalue weighted by Crippen LogP contribution is -2.58. The molecule has 0 aromatic heterocycles. The molecule has 0 heterocycles. The van der Waals surface area contributed by atoms with Crippen molar-refractivity contribution in [3.8, 4) is 0 Å². The van der Waals surface area contributed by atoms with Gasteiger partial charge in [-0.15, -0.1) is 0 Å². The summed E-state index contributed by atoms with van der Waals surface area (Å²) in [5.74, 6) is -0.805. The number of amides is 3. The normalized spacial score (nSPS) is 16.5. The monoisotopic (exact) mass is 498 g/mol. The SMILES string of the molecule is C/C=C/C[C@@H](C)C[C@@H](C(=O)N[C@@H](CC)C(=O)N(C)C(CO)C(=O)N(C)[C@H](C)CC(C)(C)O)N(C)C. The number of aliphatic hydroxyl groups excluding tert-OH is 1. The van der Waals surface area contributed by atoms with E-state index in [0.717, 1.165) is 6.42 Å². The quantitative estimate of drug-likeness (QED) is 0.296. The van der Waals surface area contributed by atoms with Gasteiger partial charge >= 0.3 is 0 Å². The summed E-state index contributed by atoms with van der Waals surface area (Å²) in [6.45, 7) is 10.4. The first-order valence-corrected chi connectivity index (χ1v) is 12.6. The molecule has 0 rings (SSSR count). The molecule has 9 heteroatoms. The van der Waals surface area contributed by atoms with Gasteiger partial charge in [-0.25, -0.2) is 0 Å². The molecule has 0 spiro atoms. The lowest BCUT2D eigenvalue weighted by molar-refractivity contribution is -0.148. The van der Waals surface area contributed by atoms with Gasteiger partial charge in [-0.2, -0.15) is 0 Å². The molecule has 9 nitrogen and oxygen atoms in total. The van der Waals surface area contributed by atoms with E-state index in [2.05, 4.69) is 18.3 Å². The summed E-state index contributed by atoms with van der Waals surface area (Å²) in [5.41, 5.74) is -0.963. The number of hydrogen-bond acceptors (Lipinski definition) is 6. The fourth-order valence-electron chi connectivity index (χ4n) is 4.08. The minimum atomic E-state index is -1.09. The molecule has 3 N–H and O–H groups in total. The van der Waals surface area contributed by atoms with Gasteiger partial charge in [0.05, 0.1) is 18.2 Å². The Bertz CT molecular complexity index is 704. The summed E-state index contributed by atoms with van der Waals surface area (Å²) >= 11 is 0. The molecule has 0 fully saturated rings. The van der Waals surface area contributed by atoms with Crippen molar-refractivity contribution >= 4 is 17.7 Å². The molecular weight excluding hydrogens is 448 g/mol. The number of carbonyl (C=O) groups is 3. The highest BCUT2D eigenvalue weighted by molar-refractivity contribution is 5.93. The zero-order chi connectivity index (χ0) is 27.5. The lowest BCUT2D eigenvalue weighted by atomic mass is 9.96. The number of rotatable bonds is 15. The van der Waals surface area contributed by atoms with Crippen molar-refractivity contribution in [2.24, 2.45) is 5.92 Å². The van der Waals surface area contributed by atoms with Crippen LogP contribution >= 0.6 is 0 Å². The van der Waals surface area contributed by atoms with E-state index < -0.39 is 42.1 Å². The summed E-state index contributed by atoms with van der Waals surface area (Å²) in [7, 11) is 6.74. The Kier molecular flexibility index (Phi) is 14.4. The van der Waals surface area contributed by atoms with Crippen molar-refractivity contribution in [1.82, 2.24) is 20.0 Å². The van der Waals surface area contributed by atoms with Crippen LogP contribution in [0.4, 0.5) is 0 Å². The third-order valence-electron chi connectivity index (χ3n) is 6.43. The number of aliphatic hydroxyl groups is 2. The van der Waals surface area contributed by atoms with Crippen LogP contribution in [0.1, 0.15) is 67.2 Å². The average molecular weight is 499 g/mol. The Morgan fingerprint density at radius 1 is 1.00 bits per heavy atom. The molecule has 5 atom stereocenters.